The molecule has 6 heterocycles. The highest BCUT2D eigenvalue weighted by Gasteiger charge is 2.21. The summed E-state index contributed by atoms with van der Waals surface area (Å²) in [6.45, 7) is 1.54. The molecular formula is C27H24F2N10. The monoisotopic (exact) mass is 526 g/mol. The predicted molar refractivity (Wildman–Crippen MR) is 142 cm³/mol. The average molecular weight is 527 g/mol. The number of pyridine rings is 3. The fourth-order valence-electron chi connectivity index (χ4n) is 4.86. The molecule has 0 atom stereocenters. The molecule has 0 spiro atoms. The topological polar surface area (TPSA) is 117 Å². The lowest BCUT2D eigenvalue weighted by molar-refractivity contribution is 0.0568. The van der Waals surface area contributed by atoms with Gasteiger partial charge in [-0.25, -0.2) is 14.2 Å². The number of nitrogens with zero attached hydrogens (tertiary/aromatic N) is 9. The van der Waals surface area contributed by atoms with Crippen LogP contribution in [0.3, 0.4) is 0 Å². The van der Waals surface area contributed by atoms with Crippen molar-refractivity contribution < 1.29 is 8.78 Å². The molecule has 0 saturated carbocycles. The Hall–Kier alpha value is -4.89. The lowest BCUT2D eigenvalue weighted by Crippen LogP contribution is -2.46. The van der Waals surface area contributed by atoms with Crippen LogP contribution in [0.15, 0.2) is 67.3 Å². The molecule has 0 bridgehead atoms. The van der Waals surface area contributed by atoms with Crippen molar-refractivity contribution in [2.24, 2.45) is 0 Å². The summed E-state index contributed by atoms with van der Waals surface area (Å²) < 4.78 is 28.3. The minimum absolute atomic E-state index is 0.0853. The molecule has 0 aromatic carbocycles. The van der Waals surface area contributed by atoms with Crippen LogP contribution in [0.4, 0.5) is 20.4 Å². The average Bonchev–Trinajstić information content (AvgIpc) is 3.58. The lowest BCUT2D eigenvalue weighted by Gasteiger charge is -2.35. The highest BCUT2D eigenvalue weighted by Crippen LogP contribution is 2.34. The van der Waals surface area contributed by atoms with Gasteiger partial charge in [-0.2, -0.15) is 19.1 Å². The molecule has 10 nitrogen and oxygen atoms in total. The first-order valence-corrected chi connectivity index (χ1v) is 12.4. The number of aromatic nitrogens is 6. The molecular weight excluding hydrogens is 502 g/mol. The van der Waals surface area contributed by atoms with Gasteiger partial charge in [0.25, 0.3) is 0 Å². The third-order valence-electron chi connectivity index (χ3n) is 6.84. The third-order valence-corrected chi connectivity index (χ3v) is 6.84. The fraction of sp³-hybridized carbons (Fsp3) is 0.222. The highest BCUT2D eigenvalue weighted by atomic mass is 19.3. The summed E-state index contributed by atoms with van der Waals surface area (Å²) in [6, 6.07) is 15.3. The quantitative estimate of drug-likeness (QED) is 0.355. The zero-order valence-electron chi connectivity index (χ0n) is 20.8. The van der Waals surface area contributed by atoms with E-state index in [9.17, 15) is 14.0 Å². The zero-order chi connectivity index (χ0) is 26.9. The van der Waals surface area contributed by atoms with Crippen molar-refractivity contribution in [1.82, 2.24) is 34.3 Å². The number of alkyl halides is 2. The molecule has 1 aliphatic rings. The number of hydrogen-bond donors (Lipinski definition) is 1. The molecule has 2 N–H and O–H groups in total. The van der Waals surface area contributed by atoms with Crippen LogP contribution >= 0.6 is 0 Å². The largest absolute Gasteiger partial charge is 0.381 e. The van der Waals surface area contributed by atoms with Gasteiger partial charge in [-0.15, -0.1) is 5.10 Å². The van der Waals surface area contributed by atoms with Crippen molar-refractivity contribution in [3.63, 3.8) is 0 Å². The zero-order valence-corrected chi connectivity index (χ0v) is 20.8. The number of nitriles is 1. The van der Waals surface area contributed by atoms with Gasteiger partial charge in [0.15, 0.2) is 5.82 Å². The second kappa shape index (κ2) is 10.1. The molecule has 5 aromatic heterocycles. The van der Waals surface area contributed by atoms with Crippen LogP contribution in [0.5, 0.6) is 0 Å². The standard InChI is InChI=1S/C27H24F2N10/c28-27(29)38-8-6-23(34-38)19-13-21(25-22(14-30)26(31)35-39(25)16-19)18-4-5-24(33-15-18)37-11-9-36(10-12-37)17-20-3-1-2-7-32-20/h1-8,13,15-16,27H,9-12,17H2,(H2,31,35). The predicted octanol–water partition coefficient (Wildman–Crippen LogP) is 3.83. The molecule has 0 aliphatic carbocycles. The van der Waals surface area contributed by atoms with Crippen LogP contribution in [0.1, 0.15) is 17.8 Å². The van der Waals surface area contributed by atoms with E-state index < -0.39 is 6.55 Å². The van der Waals surface area contributed by atoms with Crippen molar-refractivity contribution >= 4 is 17.2 Å². The summed E-state index contributed by atoms with van der Waals surface area (Å²) in [4.78, 5) is 13.7. The van der Waals surface area contributed by atoms with Gasteiger partial charge >= 0.3 is 6.55 Å². The molecule has 1 aliphatic heterocycles. The number of anilines is 2. The first kappa shape index (κ1) is 24.4. The van der Waals surface area contributed by atoms with Gasteiger partial charge in [-0.3, -0.25) is 9.88 Å². The maximum absolute atomic E-state index is 13.1. The summed E-state index contributed by atoms with van der Waals surface area (Å²) >= 11 is 0. The molecule has 0 unspecified atom stereocenters. The molecule has 6 rings (SSSR count). The first-order valence-electron chi connectivity index (χ1n) is 12.4. The van der Waals surface area contributed by atoms with Gasteiger partial charge in [0, 0.05) is 74.2 Å². The van der Waals surface area contributed by atoms with Crippen LogP contribution in [-0.4, -0.2) is 60.4 Å². The Labute approximate surface area is 222 Å². The van der Waals surface area contributed by atoms with Crippen molar-refractivity contribution in [2.45, 2.75) is 13.1 Å². The van der Waals surface area contributed by atoms with E-state index in [1.54, 1.807) is 18.5 Å². The van der Waals surface area contributed by atoms with Crippen LogP contribution in [0.25, 0.3) is 27.9 Å². The number of nitrogens with two attached hydrogens (primary N) is 1. The molecule has 1 fully saturated rings. The van der Waals surface area contributed by atoms with Crippen LogP contribution < -0.4 is 10.6 Å². The van der Waals surface area contributed by atoms with E-state index in [4.69, 9.17) is 10.7 Å². The maximum Gasteiger partial charge on any atom is 0.333 e. The van der Waals surface area contributed by atoms with E-state index in [-0.39, 0.29) is 11.4 Å². The highest BCUT2D eigenvalue weighted by molar-refractivity contribution is 5.89. The van der Waals surface area contributed by atoms with E-state index in [1.807, 2.05) is 36.5 Å². The molecule has 39 heavy (non-hydrogen) atoms. The number of fused-ring (bicyclic) bond motifs is 1. The van der Waals surface area contributed by atoms with Crippen molar-refractivity contribution in [1.29, 1.82) is 5.26 Å². The van der Waals surface area contributed by atoms with E-state index in [2.05, 4.69) is 31.1 Å². The minimum atomic E-state index is -2.75. The SMILES string of the molecule is N#Cc1c(N)nn2cc(-c3ccn(C(F)F)n3)cc(-c3ccc(N4CCN(Cc5ccccn5)CC4)nc3)c12. The van der Waals surface area contributed by atoms with Gasteiger partial charge in [0.1, 0.15) is 17.5 Å². The number of piperazine rings is 1. The maximum atomic E-state index is 13.1. The van der Waals surface area contributed by atoms with Crippen LogP contribution in [0.2, 0.25) is 0 Å². The normalized spacial score (nSPS) is 14.3. The summed E-state index contributed by atoms with van der Waals surface area (Å²) in [5.74, 6) is 0.940. The van der Waals surface area contributed by atoms with Gasteiger partial charge in [0.2, 0.25) is 0 Å². The molecule has 5 aromatic rings. The Balaban J connectivity index is 1.28. The summed E-state index contributed by atoms with van der Waals surface area (Å²) in [6.07, 6.45) is 6.40. The Morgan fingerprint density at radius 2 is 1.85 bits per heavy atom. The van der Waals surface area contributed by atoms with E-state index in [0.717, 1.165) is 49.8 Å². The molecule has 1 saturated heterocycles. The van der Waals surface area contributed by atoms with Gasteiger partial charge in [0.05, 0.1) is 16.9 Å². The van der Waals surface area contributed by atoms with E-state index in [0.29, 0.717) is 27.0 Å². The summed E-state index contributed by atoms with van der Waals surface area (Å²) in [5, 5.41) is 18.0. The van der Waals surface area contributed by atoms with Crippen molar-refractivity contribution in [2.75, 3.05) is 36.8 Å². The van der Waals surface area contributed by atoms with Crippen LogP contribution in [-0.2, 0) is 6.54 Å². The second-order valence-electron chi connectivity index (χ2n) is 9.26. The number of nitrogen functional groups attached to an aromatic ring is 1. The Kier molecular flexibility index (Phi) is 6.34. The van der Waals surface area contributed by atoms with Gasteiger partial charge in [-0.1, -0.05) is 6.07 Å². The summed E-state index contributed by atoms with van der Waals surface area (Å²) in [7, 11) is 0. The molecule has 12 heteroatoms. The smallest absolute Gasteiger partial charge is 0.333 e. The molecule has 0 amide bonds. The van der Waals surface area contributed by atoms with Gasteiger partial charge < -0.3 is 10.6 Å². The summed E-state index contributed by atoms with van der Waals surface area (Å²) in [5.41, 5.74) is 10.1. The van der Waals surface area contributed by atoms with Gasteiger partial charge in [-0.05, 0) is 36.4 Å². The van der Waals surface area contributed by atoms with Crippen LogP contribution in [0, 0.1) is 11.3 Å². The Bertz CT molecular complexity index is 1650. The van der Waals surface area contributed by atoms with Crippen molar-refractivity contribution in [3.05, 3.63) is 78.5 Å². The van der Waals surface area contributed by atoms with Crippen molar-refractivity contribution in [3.8, 4) is 28.5 Å². The fourth-order valence-corrected chi connectivity index (χ4v) is 4.86. The molecule has 0 radical (unpaired) electrons. The van der Waals surface area contributed by atoms with E-state index in [1.165, 1.54) is 16.8 Å². The lowest BCUT2D eigenvalue weighted by atomic mass is 10.0. The Morgan fingerprint density at radius 3 is 2.51 bits per heavy atom. The second-order valence-corrected chi connectivity index (χ2v) is 9.26. The number of rotatable bonds is 6. The third kappa shape index (κ3) is 4.75. The van der Waals surface area contributed by atoms with E-state index >= 15 is 0 Å². The minimum Gasteiger partial charge on any atom is -0.381 e. The molecule has 196 valence electrons. The number of halogens is 2. The number of hydrogen-bond acceptors (Lipinski definition) is 8. The Morgan fingerprint density at radius 1 is 1.00 bits per heavy atom. The first-order chi connectivity index (χ1) is 19.0.